The zero-order valence-corrected chi connectivity index (χ0v) is 12.7. The van der Waals surface area contributed by atoms with Gasteiger partial charge in [-0.1, -0.05) is 6.92 Å². The fourth-order valence-corrected chi connectivity index (χ4v) is 2.15. The molecule has 0 aromatic heterocycles. The SMILES string of the molecule is CCCN(Cc1cc(C(C)=O)ccc1OC)C(C)C. The number of benzene rings is 1. The fourth-order valence-electron chi connectivity index (χ4n) is 2.15. The Labute approximate surface area is 116 Å². The van der Waals surface area contributed by atoms with Crippen LogP contribution in [0.25, 0.3) is 0 Å². The zero-order valence-electron chi connectivity index (χ0n) is 12.7. The summed E-state index contributed by atoms with van der Waals surface area (Å²) in [5.41, 5.74) is 1.83. The van der Waals surface area contributed by atoms with E-state index in [1.165, 1.54) is 0 Å². The van der Waals surface area contributed by atoms with Crippen molar-refractivity contribution in [2.75, 3.05) is 13.7 Å². The minimum absolute atomic E-state index is 0.0930. The summed E-state index contributed by atoms with van der Waals surface area (Å²) in [6.45, 7) is 10.0. The lowest BCUT2D eigenvalue weighted by atomic mass is 10.1. The minimum atomic E-state index is 0.0930. The Kier molecular flexibility index (Phi) is 6.03. The number of hydrogen-bond donors (Lipinski definition) is 0. The number of ether oxygens (including phenoxy) is 1. The van der Waals surface area contributed by atoms with Crippen molar-refractivity contribution in [2.24, 2.45) is 0 Å². The van der Waals surface area contributed by atoms with Crippen LogP contribution in [0.2, 0.25) is 0 Å². The van der Waals surface area contributed by atoms with Gasteiger partial charge >= 0.3 is 0 Å². The van der Waals surface area contributed by atoms with Crippen molar-refractivity contribution in [1.29, 1.82) is 0 Å². The molecule has 0 aliphatic rings. The molecule has 106 valence electrons. The summed E-state index contributed by atoms with van der Waals surface area (Å²) in [5, 5.41) is 0. The topological polar surface area (TPSA) is 29.5 Å². The Morgan fingerprint density at radius 2 is 2.05 bits per heavy atom. The zero-order chi connectivity index (χ0) is 14.4. The molecule has 0 atom stereocenters. The van der Waals surface area contributed by atoms with Crippen LogP contribution in [-0.4, -0.2) is 30.4 Å². The van der Waals surface area contributed by atoms with Crippen molar-refractivity contribution < 1.29 is 9.53 Å². The maximum Gasteiger partial charge on any atom is 0.159 e. The smallest absolute Gasteiger partial charge is 0.159 e. The Morgan fingerprint density at radius 3 is 2.53 bits per heavy atom. The minimum Gasteiger partial charge on any atom is -0.496 e. The molecular formula is C16H25NO2. The Hall–Kier alpha value is -1.35. The van der Waals surface area contributed by atoms with Gasteiger partial charge in [-0.05, 0) is 51.9 Å². The Morgan fingerprint density at radius 1 is 1.37 bits per heavy atom. The Balaban J connectivity index is 3.01. The van der Waals surface area contributed by atoms with Crippen molar-refractivity contribution in [1.82, 2.24) is 4.90 Å². The number of Topliss-reactive ketones (excluding diaryl/α,β-unsaturated/α-hetero) is 1. The number of rotatable bonds is 7. The van der Waals surface area contributed by atoms with Crippen LogP contribution in [0.4, 0.5) is 0 Å². The van der Waals surface area contributed by atoms with Crippen molar-refractivity contribution in [3.63, 3.8) is 0 Å². The molecule has 0 N–H and O–H groups in total. The van der Waals surface area contributed by atoms with E-state index < -0.39 is 0 Å². The summed E-state index contributed by atoms with van der Waals surface area (Å²) in [6, 6.07) is 6.14. The standard InChI is InChI=1S/C16H25NO2/c1-6-9-17(12(2)3)11-15-10-14(13(4)18)7-8-16(15)19-5/h7-8,10,12H,6,9,11H2,1-5H3. The van der Waals surface area contributed by atoms with E-state index in [-0.39, 0.29) is 5.78 Å². The van der Waals surface area contributed by atoms with E-state index in [1.807, 2.05) is 18.2 Å². The molecule has 0 radical (unpaired) electrons. The first-order valence-corrected chi connectivity index (χ1v) is 6.91. The first-order valence-electron chi connectivity index (χ1n) is 6.91. The largest absolute Gasteiger partial charge is 0.496 e. The molecule has 19 heavy (non-hydrogen) atoms. The van der Waals surface area contributed by atoms with Gasteiger partial charge in [0.2, 0.25) is 0 Å². The Bertz CT molecular complexity index is 427. The van der Waals surface area contributed by atoms with Crippen molar-refractivity contribution >= 4 is 5.78 Å². The predicted molar refractivity (Wildman–Crippen MR) is 78.8 cm³/mol. The molecule has 0 amide bonds. The highest BCUT2D eigenvalue weighted by Gasteiger charge is 2.13. The summed E-state index contributed by atoms with van der Waals surface area (Å²) < 4.78 is 5.40. The predicted octanol–water partition coefficient (Wildman–Crippen LogP) is 3.52. The summed E-state index contributed by atoms with van der Waals surface area (Å²) in [5.74, 6) is 0.947. The van der Waals surface area contributed by atoms with Gasteiger partial charge < -0.3 is 4.74 Å². The van der Waals surface area contributed by atoms with Gasteiger partial charge in [0.15, 0.2) is 5.78 Å². The monoisotopic (exact) mass is 263 g/mol. The normalized spacial score (nSPS) is 11.1. The van der Waals surface area contributed by atoms with Gasteiger partial charge in [-0.15, -0.1) is 0 Å². The molecule has 0 heterocycles. The third-order valence-electron chi connectivity index (χ3n) is 3.30. The van der Waals surface area contributed by atoms with Gasteiger partial charge in [0.1, 0.15) is 5.75 Å². The molecule has 3 nitrogen and oxygen atoms in total. The van der Waals surface area contributed by atoms with Gasteiger partial charge in [0.05, 0.1) is 7.11 Å². The molecule has 0 bridgehead atoms. The third-order valence-corrected chi connectivity index (χ3v) is 3.30. The average molecular weight is 263 g/mol. The van der Waals surface area contributed by atoms with Crippen LogP contribution in [0.3, 0.4) is 0 Å². The summed E-state index contributed by atoms with van der Waals surface area (Å²) in [6.07, 6.45) is 1.12. The maximum atomic E-state index is 11.5. The van der Waals surface area contributed by atoms with E-state index >= 15 is 0 Å². The highest BCUT2D eigenvalue weighted by Crippen LogP contribution is 2.23. The summed E-state index contributed by atoms with van der Waals surface area (Å²) in [4.78, 5) is 13.9. The number of carbonyl (C=O) groups excluding carboxylic acids is 1. The van der Waals surface area contributed by atoms with E-state index in [4.69, 9.17) is 4.74 Å². The second kappa shape index (κ2) is 7.29. The van der Waals surface area contributed by atoms with Crippen LogP contribution in [0, 0.1) is 0 Å². The van der Waals surface area contributed by atoms with Crippen molar-refractivity contribution in [3.8, 4) is 5.75 Å². The molecule has 0 saturated carbocycles. The van der Waals surface area contributed by atoms with Crippen LogP contribution in [0.1, 0.15) is 50.0 Å². The average Bonchev–Trinajstić information content (AvgIpc) is 2.37. The number of nitrogens with zero attached hydrogens (tertiary/aromatic N) is 1. The van der Waals surface area contributed by atoms with Crippen LogP contribution in [0.5, 0.6) is 5.75 Å². The molecule has 0 saturated heterocycles. The van der Waals surface area contributed by atoms with Gasteiger partial charge in [0, 0.05) is 23.7 Å². The lowest BCUT2D eigenvalue weighted by Gasteiger charge is -2.26. The molecule has 0 aliphatic heterocycles. The number of carbonyl (C=O) groups is 1. The van der Waals surface area contributed by atoms with E-state index in [2.05, 4.69) is 25.7 Å². The second-order valence-corrected chi connectivity index (χ2v) is 5.15. The van der Waals surface area contributed by atoms with E-state index in [0.29, 0.717) is 6.04 Å². The number of ketones is 1. The molecule has 1 aromatic rings. The van der Waals surface area contributed by atoms with E-state index in [1.54, 1.807) is 14.0 Å². The number of hydrogen-bond acceptors (Lipinski definition) is 3. The quantitative estimate of drug-likeness (QED) is 0.705. The third kappa shape index (κ3) is 4.35. The van der Waals surface area contributed by atoms with Crippen molar-refractivity contribution in [2.45, 2.75) is 46.7 Å². The fraction of sp³-hybridized carbons (Fsp3) is 0.562. The van der Waals surface area contributed by atoms with E-state index in [9.17, 15) is 4.79 Å². The molecule has 3 heteroatoms. The first-order chi connectivity index (χ1) is 8.99. The molecule has 0 fully saturated rings. The molecule has 1 rings (SSSR count). The summed E-state index contributed by atoms with van der Waals surface area (Å²) >= 11 is 0. The van der Waals surface area contributed by atoms with Crippen LogP contribution >= 0.6 is 0 Å². The number of methoxy groups -OCH3 is 1. The van der Waals surface area contributed by atoms with Gasteiger partial charge in [0.25, 0.3) is 0 Å². The molecule has 0 aliphatic carbocycles. The molecular weight excluding hydrogens is 238 g/mol. The molecule has 0 unspecified atom stereocenters. The van der Waals surface area contributed by atoms with Crippen LogP contribution in [0.15, 0.2) is 18.2 Å². The summed E-state index contributed by atoms with van der Waals surface area (Å²) in [7, 11) is 1.67. The molecule has 1 aromatic carbocycles. The van der Waals surface area contributed by atoms with E-state index in [0.717, 1.165) is 36.4 Å². The molecule has 0 spiro atoms. The van der Waals surface area contributed by atoms with Gasteiger partial charge in [-0.3, -0.25) is 9.69 Å². The highest BCUT2D eigenvalue weighted by molar-refractivity contribution is 5.94. The van der Waals surface area contributed by atoms with Crippen LogP contribution in [-0.2, 0) is 6.54 Å². The van der Waals surface area contributed by atoms with Gasteiger partial charge in [-0.25, -0.2) is 0 Å². The lowest BCUT2D eigenvalue weighted by molar-refractivity contribution is 0.101. The van der Waals surface area contributed by atoms with Gasteiger partial charge in [-0.2, -0.15) is 0 Å². The highest BCUT2D eigenvalue weighted by atomic mass is 16.5. The maximum absolute atomic E-state index is 11.5. The lowest BCUT2D eigenvalue weighted by Crippen LogP contribution is -2.31. The second-order valence-electron chi connectivity index (χ2n) is 5.15. The van der Waals surface area contributed by atoms with Crippen LogP contribution < -0.4 is 4.74 Å². The first kappa shape index (κ1) is 15.7. The van der Waals surface area contributed by atoms with Crippen molar-refractivity contribution in [3.05, 3.63) is 29.3 Å².